The molecule has 4 aromatic rings. The summed E-state index contributed by atoms with van der Waals surface area (Å²) < 4.78 is 7.29. The Labute approximate surface area is 172 Å². The maximum absolute atomic E-state index is 10.8. The summed E-state index contributed by atoms with van der Waals surface area (Å²) in [5, 5.41) is 15.2. The van der Waals surface area contributed by atoms with Crippen molar-refractivity contribution in [1.29, 1.82) is 0 Å². The highest BCUT2D eigenvalue weighted by atomic mass is 32.1. The van der Waals surface area contributed by atoms with Gasteiger partial charge in [0.25, 0.3) is 0 Å². The predicted octanol–water partition coefficient (Wildman–Crippen LogP) is 3.31. The maximum atomic E-state index is 10.8. The molecule has 1 aromatic carbocycles. The van der Waals surface area contributed by atoms with Gasteiger partial charge in [-0.2, -0.15) is 4.52 Å². The van der Waals surface area contributed by atoms with Crippen LogP contribution in [0.5, 0.6) is 5.88 Å². The van der Waals surface area contributed by atoms with E-state index in [1.807, 2.05) is 19.1 Å². The molecule has 4 heterocycles. The molecular formula is C21H23N5O2S. The van der Waals surface area contributed by atoms with Gasteiger partial charge in [0.2, 0.25) is 10.8 Å². The fourth-order valence-electron chi connectivity index (χ4n) is 3.97. The summed E-state index contributed by atoms with van der Waals surface area (Å²) in [6.07, 6.45) is 1.69. The zero-order chi connectivity index (χ0) is 19.8. The highest BCUT2D eigenvalue weighted by Gasteiger charge is 2.33. The molecule has 0 saturated carbocycles. The minimum atomic E-state index is -0.141. The van der Waals surface area contributed by atoms with Crippen LogP contribution in [0.3, 0.4) is 0 Å². The van der Waals surface area contributed by atoms with Crippen LogP contribution in [0.2, 0.25) is 0 Å². The molecule has 0 spiro atoms. The number of fused-ring (bicyclic) bond motifs is 1. The van der Waals surface area contributed by atoms with Gasteiger partial charge in [-0.15, -0.1) is 5.10 Å². The van der Waals surface area contributed by atoms with Crippen molar-refractivity contribution in [2.45, 2.75) is 19.5 Å². The number of furan rings is 1. The van der Waals surface area contributed by atoms with Gasteiger partial charge in [-0.3, -0.25) is 9.80 Å². The van der Waals surface area contributed by atoms with Gasteiger partial charge in [0.05, 0.1) is 11.1 Å². The quantitative estimate of drug-likeness (QED) is 0.545. The second kappa shape index (κ2) is 7.62. The van der Waals surface area contributed by atoms with Gasteiger partial charge in [-0.1, -0.05) is 41.7 Å². The number of rotatable bonds is 5. The van der Waals surface area contributed by atoms with E-state index in [0.29, 0.717) is 10.8 Å². The third-order valence-electron chi connectivity index (χ3n) is 5.39. The van der Waals surface area contributed by atoms with E-state index in [1.165, 1.54) is 21.4 Å². The van der Waals surface area contributed by atoms with Crippen molar-refractivity contribution in [2.75, 3.05) is 26.2 Å². The molecule has 1 fully saturated rings. The second-order valence-electron chi connectivity index (χ2n) is 7.36. The highest BCUT2D eigenvalue weighted by molar-refractivity contribution is 7.17. The first-order valence-electron chi connectivity index (χ1n) is 9.78. The molecule has 0 radical (unpaired) electrons. The Balaban J connectivity index is 1.38. The summed E-state index contributed by atoms with van der Waals surface area (Å²) >= 11 is 1.47. The molecule has 0 unspecified atom stereocenters. The number of hydrogen-bond acceptors (Lipinski definition) is 7. The summed E-state index contributed by atoms with van der Waals surface area (Å²) in [4.78, 5) is 10.8. The van der Waals surface area contributed by atoms with Gasteiger partial charge in [-0.05, 0) is 24.6 Å². The lowest BCUT2D eigenvalue weighted by atomic mass is 10.1. The number of hydrogen-bond donors (Lipinski definition) is 1. The standard InChI is InChI=1S/C21H23N5O2S/c1-15-22-21-26(23-15)20(27)19(29-21)18(17-8-5-13-28-17)25-11-9-24(10-12-25)14-16-6-3-2-4-7-16/h2-8,13,18,27H,9-12,14H2,1H3/t18-/m1/s1. The molecule has 8 heteroatoms. The lowest BCUT2D eigenvalue weighted by molar-refractivity contribution is 0.0970. The van der Waals surface area contributed by atoms with Crippen molar-refractivity contribution in [3.8, 4) is 5.88 Å². The molecule has 0 amide bonds. The van der Waals surface area contributed by atoms with E-state index in [-0.39, 0.29) is 11.9 Å². The van der Waals surface area contributed by atoms with E-state index in [2.05, 4.69) is 50.2 Å². The molecule has 0 aliphatic carbocycles. The SMILES string of the molecule is Cc1nc2sc([C@@H](c3ccco3)N3CCN(Cc4ccccc4)CC3)c(O)n2n1. The number of benzene rings is 1. The molecule has 3 aromatic heterocycles. The summed E-state index contributed by atoms with van der Waals surface area (Å²) in [5.74, 6) is 1.64. The first-order valence-corrected chi connectivity index (χ1v) is 10.6. The first kappa shape index (κ1) is 18.4. The molecule has 1 aliphatic heterocycles. The van der Waals surface area contributed by atoms with Crippen molar-refractivity contribution in [2.24, 2.45) is 0 Å². The molecule has 7 nitrogen and oxygen atoms in total. The predicted molar refractivity (Wildman–Crippen MR) is 111 cm³/mol. The molecule has 1 atom stereocenters. The highest BCUT2D eigenvalue weighted by Crippen LogP contribution is 2.40. The second-order valence-corrected chi connectivity index (χ2v) is 8.37. The molecule has 29 heavy (non-hydrogen) atoms. The fourth-order valence-corrected chi connectivity index (χ4v) is 5.11. The number of aromatic nitrogens is 3. The minimum Gasteiger partial charge on any atom is -0.492 e. The van der Waals surface area contributed by atoms with Crippen LogP contribution in [-0.4, -0.2) is 55.7 Å². The smallest absolute Gasteiger partial charge is 0.230 e. The molecule has 1 aliphatic rings. The molecule has 1 saturated heterocycles. The van der Waals surface area contributed by atoms with Gasteiger partial charge >= 0.3 is 0 Å². The zero-order valence-electron chi connectivity index (χ0n) is 16.2. The molecule has 5 rings (SSSR count). The Morgan fingerprint density at radius 1 is 1.10 bits per heavy atom. The third kappa shape index (κ3) is 3.55. The summed E-state index contributed by atoms with van der Waals surface area (Å²) in [5.41, 5.74) is 1.34. The normalized spacial score (nSPS) is 17.1. The number of piperazine rings is 1. The minimum absolute atomic E-state index is 0.141. The van der Waals surface area contributed by atoms with Gasteiger partial charge < -0.3 is 9.52 Å². The van der Waals surface area contributed by atoms with Gasteiger partial charge in [0, 0.05) is 32.7 Å². The fraction of sp³-hybridized carbons (Fsp3) is 0.333. The monoisotopic (exact) mass is 409 g/mol. The van der Waals surface area contributed by atoms with Crippen LogP contribution in [0, 0.1) is 6.92 Å². The van der Waals surface area contributed by atoms with E-state index in [9.17, 15) is 5.11 Å². The lowest BCUT2D eigenvalue weighted by Crippen LogP contribution is -2.47. The van der Waals surface area contributed by atoms with Crippen LogP contribution < -0.4 is 0 Å². The number of thiazole rings is 1. The van der Waals surface area contributed by atoms with E-state index < -0.39 is 0 Å². The van der Waals surface area contributed by atoms with Gasteiger partial charge in [0.15, 0.2) is 0 Å². The Hall–Kier alpha value is -2.68. The summed E-state index contributed by atoms with van der Waals surface area (Å²) in [7, 11) is 0. The van der Waals surface area contributed by atoms with Crippen LogP contribution >= 0.6 is 11.3 Å². The van der Waals surface area contributed by atoms with E-state index in [1.54, 1.807) is 6.26 Å². The largest absolute Gasteiger partial charge is 0.492 e. The van der Waals surface area contributed by atoms with Crippen molar-refractivity contribution in [1.82, 2.24) is 24.4 Å². The zero-order valence-corrected chi connectivity index (χ0v) is 17.0. The Kier molecular flexibility index (Phi) is 4.83. The van der Waals surface area contributed by atoms with Crippen LogP contribution in [0.15, 0.2) is 53.1 Å². The molecular weight excluding hydrogens is 386 g/mol. The van der Waals surface area contributed by atoms with E-state index >= 15 is 0 Å². The van der Waals surface area contributed by atoms with E-state index in [4.69, 9.17) is 4.42 Å². The van der Waals surface area contributed by atoms with Crippen molar-refractivity contribution < 1.29 is 9.52 Å². The maximum Gasteiger partial charge on any atom is 0.230 e. The van der Waals surface area contributed by atoms with Crippen molar-refractivity contribution >= 4 is 16.3 Å². The number of aryl methyl sites for hydroxylation is 1. The number of nitrogens with zero attached hydrogens (tertiary/aromatic N) is 5. The average Bonchev–Trinajstić information content (AvgIpc) is 3.44. The first-order chi connectivity index (χ1) is 14.2. The number of aromatic hydroxyl groups is 1. The molecule has 1 N–H and O–H groups in total. The van der Waals surface area contributed by atoms with Gasteiger partial charge in [0.1, 0.15) is 17.6 Å². The summed E-state index contributed by atoms with van der Waals surface area (Å²) in [6, 6.07) is 14.3. The van der Waals surface area contributed by atoms with Gasteiger partial charge in [-0.25, -0.2) is 4.98 Å². The average molecular weight is 410 g/mol. The van der Waals surface area contributed by atoms with E-state index in [0.717, 1.165) is 43.4 Å². The third-order valence-corrected chi connectivity index (χ3v) is 6.46. The molecule has 0 bridgehead atoms. The lowest BCUT2D eigenvalue weighted by Gasteiger charge is -2.38. The summed E-state index contributed by atoms with van der Waals surface area (Å²) in [6.45, 7) is 6.50. The van der Waals surface area contributed by atoms with Crippen LogP contribution in [0.1, 0.15) is 28.1 Å². The van der Waals surface area contributed by atoms with Crippen molar-refractivity contribution in [3.05, 3.63) is 70.8 Å². The topological polar surface area (TPSA) is 70.0 Å². The van der Waals surface area contributed by atoms with Crippen LogP contribution in [-0.2, 0) is 6.54 Å². The van der Waals surface area contributed by atoms with Crippen LogP contribution in [0.25, 0.3) is 4.96 Å². The van der Waals surface area contributed by atoms with Crippen LogP contribution in [0.4, 0.5) is 0 Å². The molecule has 150 valence electrons. The van der Waals surface area contributed by atoms with Crippen molar-refractivity contribution in [3.63, 3.8) is 0 Å². The Morgan fingerprint density at radius 3 is 2.59 bits per heavy atom. The Bertz CT molecular complexity index is 1080. The Morgan fingerprint density at radius 2 is 1.90 bits per heavy atom.